The van der Waals surface area contributed by atoms with Crippen molar-refractivity contribution in [3.63, 3.8) is 0 Å². The van der Waals surface area contributed by atoms with Gasteiger partial charge in [-0.3, -0.25) is 4.79 Å². The molecule has 102 valence electrons. The molecular formula is C11H17N2NaO5. The van der Waals surface area contributed by atoms with Crippen LogP contribution in [-0.4, -0.2) is 59.5 Å². The normalized spacial score (nSPS) is 19.4. The van der Waals surface area contributed by atoms with E-state index in [0.717, 1.165) is 4.90 Å². The molecule has 0 N–H and O–H groups in total. The minimum Gasteiger partial charge on any atom is -0.548 e. The van der Waals surface area contributed by atoms with Gasteiger partial charge in [-0.15, -0.1) is 0 Å². The summed E-state index contributed by atoms with van der Waals surface area (Å²) >= 11 is 0. The van der Waals surface area contributed by atoms with Crippen LogP contribution in [-0.2, 0) is 14.3 Å². The second-order valence-corrected chi connectivity index (χ2v) is 5.10. The zero-order valence-corrected chi connectivity index (χ0v) is 13.7. The fraction of sp³-hybridized carbons (Fsp3) is 0.727. The van der Waals surface area contributed by atoms with Crippen molar-refractivity contribution in [1.29, 1.82) is 0 Å². The topological polar surface area (TPSA) is 90.0 Å². The van der Waals surface area contributed by atoms with Crippen molar-refractivity contribution >= 4 is 18.5 Å². The van der Waals surface area contributed by atoms with Gasteiger partial charge in [-0.1, -0.05) is 0 Å². The third-order valence-electron chi connectivity index (χ3n) is 2.48. The van der Waals surface area contributed by atoms with Crippen LogP contribution in [0.3, 0.4) is 0 Å². The summed E-state index contributed by atoms with van der Waals surface area (Å²) in [7, 11) is 0. The van der Waals surface area contributed by atoms with Gasteiger partial charge in [0.15, 0.2) is 0 Å². The summed E-state index contributed by atoms with van der Waals surface area (Å²) in [6.07, 6.45) is -0.133. The summed E-state index contributed by atoms with van der Waals surface area (Å²) in [5.74, 6) is -1.38. The molecule has 0 aliphatic carbocycles. The minimum atomic E-state index is -1.38. The molecule has 0 aromatic heterocycles. The number of amides is 2. The van der Waals surface area contributed by atoms with E-state index in [4.69, 9.17) is 4.74 Å². The Morgan fingerprint density at radius 3 is 2.32 bits per heavy atom. The summed E-state index contributed by atoms with van der Waals surface area (Å²) in [4.78, 5) is 35.7. The molecule has 0 bridgehead atoms. The van der Waals surface area contributed by atoms with E-state index < -0.39 is 23.7 Å². The van der Waals surface area contributed by atoms with Crippen molar-refractivity contribution in [1.82, 2.24) is 9.80 Å². The Balaban J connectivity index is 0.00000324. The van der Waals surface area contributed by atoms with Crippen LogP contribution in [0.5, 0.6) is 0 Å². The molecule has 0 aromatic carbocycles. The van der Waals surface area contributed by atoms with Gasteiger partial charge in [-0.2, -0.15) is 0 Å². The van der Waals surface area contributed by atoms with Crippen LogP contribution in [0.4, 0.5) is 4.79 Å². The smallest absolute Gasteiger partial charge is 0.548 e. The maximum Gasteiger partial charge on any atom is 1.00 e. The van der Waals surface area contributed by atoms with E-state index in [1.165, 1.54) is 4.90 Å². The zero-order valence-electron chi connectivity index (χ0n) is 11.7. The first-order valence-electron chi connectivity index (χ1n) is 5.64. The van der Waals surface area contributed by atoms with Gasteiger partial charge in [-0.25, -0.2) is 4.79 Å². The molecule has 1 fully saturated rings. The number of carboxylic acids is 1. The fourth-order valence-corrected chi connectivity index (χ4v) is 1.63. The van der Waals surface area contributed by atoms with Crippen LogP contribution < -0.4 is 34.7 Å². The van der Waals surface area contributed by atoms with Gasteiger partial charge in [-0.05, 0) is 20.8 Å². The van der Waals surface area contributed by atoms with Crippen molar-refractivity contribution < 1.29 is 53.8 Å². The Labute approximate surface area is 134 Å². The fourth-order valence-electron chi connectivity index (χ4n) is 1.63. The number of rotatable bonds is 2. The number of piperazine rings is 1. The van der Waals surface area contributed by atoms with Crippen LogP contribution in [0.1, 0.15) is 20.8 Å². The van der Waals surface area contributed by atoms with E-state index in [-0.39, 0.29) is 49.2 Å². The van der Waals surface area contributed by atoms with Crippen LogP contribution in [0.15, 0.2) is 0 Å². The summed E-state index contributed by atoms with van der Waals surface area (Å²) in [5, 5.41) is 10.9. The third-order valence-corrected chi connectivity index (χ3v) is 2.48. The van der Waals surface area contributed by atoms with E-state index in [0.29, 0.717) is 6.41 Å². The molecule has 1 saturated heterocycles. The largest absolute Gasteiger partial charge is 1.00 e. The first-order valence-corrected chi connectivity index (χ1v) is 5.64. The predicted molar refractivity (Wildman–Crippen MR) is 59.4 cm³/mol. The Bertz CT molecular complexity index is 355. The SMILES string of the molecule is CC(C)(C)OC(=O)N1CCN(C=O)C(C(=O)[O-])C1.[Na+]. The molecule has 1 atom stereocenters. The molecule has 0 aromatic rings. The monoisotopic (exact) mass is 280 g/mol. The quantitative estimate of drug-likeness (QED) is 0.378. The minimum absolute atomic E-state index is 0. The average Bonchev–Trinajstić information content (AvgIpc) is 2.25. The summed E-state index contributed by atoms with van der Waals surface area (Å²) in [6.45, 7) is 5.46. The van der Waals surface area contributed by atoms with Crippen LogP contribution in [0, 0.1) is 0 Å². The Morgan fingerprint density at radius 1 is 1.32 bits per heavy atom. The number of carboxylic acid groups (broad SMARTS) is 1. The van der Waals surface area contributed by atoms with E-state index in [9.17, 15) is 19.5 Å². The van der Waals surface area contributed by atoms with Gasteiger partial charge in [0.25, 0.3) is 0 Å². The summed E-state index contributed by atoms with van der Waals surface area (Å²) in [5.41, 5.74) is -0.643. The first kappa shape index (κ1) is 18.2. The molecule has 1 aliphatic heterocycles. The standard InChI is InChI=1S/C11H18N2O5.Na/c1-11(2,3)18-10(17)12-4-5-13(7-14)8(6-12)9(15)16;/h7-8H,4-6H2,1-3H3,(H,15,16);/q;+1/p-1. The molecule has 1 unspecified atom stereocenters. The van der Waals surface area contributed by atoms with Crippen molar-refractivity contribution in [3.8, 4) is 0 Å². The molecule has 19 heavy (non-hydrogen) atoms. The van der Waals surface area contributed by atoms with Crippen LogP contribution >= 0.6 is 0 Å². The molecule has 0 saturated carbocycles. The maximum atomic E-state index is 11.8. The molecule has 1 aliphatic rings. The number of aliphatic carboxylic acids is 1. The van der Waals surface area contributed by atoms with E-state index in [1.54, 1.807) is 20.8 Å². The molecule has 1 heterocycles. The number of carbonyl (C=O) groups excluding carboxylic acids is 3. The van der Waals surface area contributed by atoms with Gasteiger partial charge < -0.3 is 24.4 Å². The Hall–Kier alpha value is -0.790. The molecule has 7 nitrogen and oxygen atoms in total. The van der Waals surface area contributed by atoms with E-state index >= 15 is 0 Å². The number of hydrogen-bond acceptors (Lipinski definition) is 5. The van der Waals surface area contributed by atoms with Gasteiger partial charge in [0, 0.05) is 19.6 Å². The molecule has 1 rings (SSSR count). The van der Waals surface area contributed by atoms with Gasteiger partial charge in [0.2, 0.25) is 6.41 Å². The summed E-state index contributed by atoms with van der Waals surface area (Å²) in [6, 6.07) is -1.12. The number of hydrogen-bond donors (Lipinski definition) is 0. The van der Waals surface area contributed by atoms with Crippen molar-refractivity contribution in [2.75, 3.05) is 19.6 Å². The Morgan fingerprint density at radius 2 is 1.89 bits per heavy atom. The average molecular weight is 280 g/mol. The number of ether oxygens (including phenoxy) is 1. The molecule has 8 heteroatoms. The van der Waals surface area contributed by atoms with E-state index in [2.05, 4.69) is 0 Å². The second kappa shape index (κ2) is 7.12. The third kappa shape index (κ3) is 5.38. The molecule has 0 spiro atoms. The second-order valence-electron chi connectivity index (χ2n) is 5.10. The van der Waals surface area contributed by atoms with Gasteiger partial charge >= 0.3 is 35.7 Å². The van der Waals surface area contributed by atoms with Crippen LogP contribution in [0.25, 0.3) is 0 Å². The molecule has 0 radical (unpaired) electrons. The van der Waals surface area contributed by atoms with Gasteiger partial charge in [0.1, 0.15) is 5.60 Å². The predicted octanol–water partition coefficient (Wildman–Crippen LogP) is -4.18. The first-order chi connectivity index (χ1) is 8.24. The number of carbonyl (C=O) groups is 3. The summed E-state index contributed by atoms with van der Waals surface area (Å²) < 4.78 is 5.14. The number of nitrogens with zero attached hydrogens (tertiary/aromatic N) is 2. The maximum absolute atomic E-state index is 11.8. The molecule has 2 amide bonds. The molecular weight excluding hydrogens is 263 g/mol. The van der Waals surface area contributed by atoms with Crippen molar-refractivity contribution in [2.45, 2.75) is 32.4 Å². The van der Waals surface area contributed by atoms with E-state index in [1.807, 2.05) is 0 Å². The zero-order chi connectivity index (χ0) is 13.9. The Kier molecular flexibility index (Phi) is 6.82. The van der Waals surface area contributed by atoms with Crippen molar-refractivity contribution in [2.24, 2.45) is 0 Å². The van der Waals surface area contributed by atoms with Gasteiger partial charge in [0.05, 0.1) is 12.0 Å². The van der Waals surface area contributed by atoms with Crippen LogP contribution in [0.2, 0.25) is 0 Å². The van der Waals surface area contributed by atoms with Crippen molar-refractivity contribution in [3.05, 3.63) is 0 Å².